The third kappa shape index (κ3) is 5.57. The van der Waals surface area contributed by atoms with Crippen molar-refractivity contribution in [1.82, 2.24) is 10.2 Å². The molecule has 2 aromatic rings. The van der Waals surface area contributed by atoms with Crippen LogP contribution in [0.1, 0.15) is 44.7 Å². The van der Waals surface area contributed by atoms with E-state index in [1.165, 1.54) is 17.0 Å². The van der Waals surface area contributed by atoms with Gasteiger partial charge in [-0.1, -0.05) is 24.3 Å². The van der Waals surface area contributed by atoms with E-state index in [-0.39, 0.29) is 11.7 Å². The fourth-order valence-corrected chi connectivity index (χ4v) is 5.31. The van der Waals surface area contributed by atoms with Crippen LogP contribution >= 0.6 is 0 Å². The molecule has 2 atom stereocenters. The van der Waals surface area contributed by atoms with Gasteiger partial charge in [0, 0.05) is 32.2 Å². The summed E-state index contributed by atoms with van der Waals surface area (Å²) in [6.07, 6.45) is -2.16. The number of hydrogen-bond donors (Lipinski definition) is 3. The zero-order chi connectivity index (χ0) is 26.7. The Hall–Kier alpha value is -3.17. The molecule has 0 radical (unpaired) electrons. The zero-order valence-corrected chi connectivity index (χ0v) is 21.6. The summed E-state index contributed by atoms with van der Waals surface area (Å²) < 4.78 is 19.2. The third-order valence-electron chi connectivity index (χ3n) is 7.51. The standard InChI is InChI=1S/C28H36FN3O5/c1-4-37-23-15-20(29)9-10-22(23)31-13-11-18(12-14-31)16-30-26(35)24(33)25(34)27(36)32-17-19-7-5-6-8-21(19)28(32,2)3/h5-10,15,18,24-25,33-34H,4,11-14,16-17H2,1-3H3,(H,30,35)/t24-,25-/m1/s1. The first-order valence-electron chi connectivity index (χ1n) is 12.8. The molecule has 37 heavy (non-hydrogen) atoms. The van der Waals surface area contributed by atoms with Crippen molar-refractivity contribution in [3.05, 3.63) is 59.4 Å². The Morgan fingerprint density at radius 3 is 2.51 bits per heavy atom. The van der Waals surface area contributed by atoms with Gasteiger partial charge >= 0.3 is 0 Å². The molecular formula is C28H36FN3O5. The van der Waals surface area contributed by atoms with Crippen LogP contribution in [0.2, 0.25) is 0 Å². The molecule has 2 heterocycles. The van der Waals surface area contributed by atoms with Gasteiger partial charge in [-0.15, -0.1) is 0 Å². The number of rotatable bonds is 8. The summed E-state index contributed by atoms with van der Waals surface area (Å²) >= 11 is 0. The Balaban J connectivity index is 1.28. The minimum atomic E-state index is -1.86. The minimum Gasteiger partial charge on any atom is -0.492 e. The van der Waals surface area contributed by atoms with Gasteiger partial charge in [0.15, 0.2) is 12.2 Å². The van der Waals surface area contributed by atoms with E-state index in [2.05, 4.69) is 10.2 Å². The molecule has 9 heteroatoms. The predicted octanol–water partition coefficient (Wildman–Crippen LogP) is 2.56. The molecule has 2 aromatic carbocycles. The largest absolute Gasteiger partial charge is 0.492 e. The number of piperidine rings is 1. The molecule has 0 spiro atoms. The van der Waals surface area contributed by atoms with E-state index in [1.54, 1.807) is 6.07 Å². The maximum absolute atomic E-state index is 13.6. The van der Waals surface area contributed by atoms with Crippen molar-refractivity contribution in [2.24, 2.45) is 5.92 Å². The maximum Gasteiger partial charge on any atom is 0.255 e. The third-order valence-corrected chi connectivity index (χ3v) is 7.51. The average molecular weight is 514 g/mol. The zero-order valence-electron chi connectivity index (χ0n) is 21.6. The van der Waals surface area contributed by atoms with Crippen LogP contribution in [0.5, 0.6) is 5.75 Å². The highest BCUT2D eigenvalue weighted by Gasteiger charge is 2.44. The fraction of sp³-hybridized carbons (Fsp3) is 0.500. The van der Waals surface area contributed by atoms with Crippen LogP contribution in [0.15, 0.2) is 42.5 Å². The second kappa shape index (κ2) is 11.1. The normalized spacial score (nSPS) is 18.8. The van der Waals surface area contributed by atoms with Crippen LogP contribution in [0.4, 0.5) is 10.1 Å². The van der Waals surface area contributed by atoms with Crippen LogP contribution in [0.3, 0.4) is 0 Å². The Labute approximate surface area is 217 Å². The number of carbonyl (C=O) groups excluding carboxylic acids is 2. The summed E-state index contributed by atoms with van der Waals surface area (Å²) in [5, 5.41) is 23.7. The van der Waals surface area contributed by atoms with Crippen molar-refractivity contribution in [2.45, 2.75) is 57.9 Å². The summed E-state index contributed by atoms with van der Waals surface area (Å²) in [5.74, 6) is -1.11. The molecule has 2 aliphatic rings. The molecule has 2 amide bonds. The molecule has 3 N–H and O–H groups in total. The van der Waals surface area contributed by atoms with Crippen LogP contribution in [0, 0.1) is 11.7 Å². The predicted molar refractivity (Wildman–Crippen MR) is 138 cm³/mol. The summed E-state index contributed by atoms with van der Waals surface area (Å²) in [7, 11) is 0. The lowest BCUT2D eigenvalue weighted by molar-refractivity contribution is -0.157. The van der Waals surface area contributed by atoms with Gasteiger partial charge in [0.2, 0.25) is 0 Å². The smallest absolute Gasteiger partial charge is 0.255 e. The first-order valence-corrected chi connectivity index (χ1v) is 12.8. The second-order valence-corrected chi connectivity index (χ2v) is 10.3. The van der Waals surface area contributed by atoms with E-state index in [0.29, 0.717) is 38.5 Å². The Morgan fingerprint density at radius 1 is 1.14 bits per heavy atom. The highest BCUT2D eigenvalue weighted by Crippen LogP contribution is 2.39. The Morgan fingerprint density at radius 2 is 1.84 bits per heavy atom. The van der Waals surface area contributed by atoms with Crippen LogP contribution in [-0.2, 0) is 21.7 Å². The molecule has 200 valence electrons. The molecule has 4 rings (SSSR count). The Kier molecular flexibility index (Phi) is 8.04. The number of nitrogens with zero attached hydrogens (tertiary/aromatic N) is 2. The van der Waals surface area contributed by atoms with Gasteiger partial charge in [0.25, 0.3) is 11.8 Å². The van der Waals surface area contributed by atoms with E-state index >= 15 is 0 Å². The number of benzene rings is 2. The average Bonchev–Trinajstić information content (AvgIpc) is 3.17. The highest BCUT2D eigenvalue weighted by atomic mass is 19.1. The first kappa shape index (κ1) is 26.9. The molecular weight excluding hydrogens is 477 g/mol. The van der Waals surface area contributed by atoms with Crippen LogP contribution in [-0.4, -0.2) is 65.4 Å². The number of aliphatic hydroxyl groups excluding tert-OH is 2. The summed E-state index contributed by atoms with van der Waals surface area (Å²) in [6.45, 7) is 8.11. The second-order valence-electron chi connectivity index (χ2n) is 10.3. The van der Waals surface area contributed by atoms with Crippen LogP contribution < -0.4 is 15.0 Å². The molecule has 8 nitrogen and oxygen atoms in total. The molecule has 1 fully saturated rings. The van der Waals surface area contributed by atoms with E-state index in [4.69, 9.17) is 4.74 Å². The van der Waals surface area contributed by atoms with E-state index < -0.39 is 29.6 Å². The van der Waals surface area contributed by atoms with Gasteiger partial charge in [-0.3, -0.25) is 9.59 Å². The van der Waals surface area contributed by atoms with Crippen molar-refractivity contribution >= 4 is 17.5 Å². The number of hydrogen-bond acceptors (Lipinski definition) is 6. The minimum absolute atomic E-state index is 0.170. The van der Waals surface area contributed by atoms with Crippen molar-refractivity contribution in [3.63, 3.8) is 0 Å². The lowest BCUT2D eigenvalue weighted by atomic mass is 9.93. The Bertz CT molecular complexity index is 1130. The van der Waals surface area contributed by atoms with Gasteiger partial charge in [-0.25, -0.2) is 4.39 Å². The van der Waals surface area contributed by atoms with Crippen molar-refractivity contribution in [1.29, 1.82) is 0 Å². The number of fused-ring (bicyclic) bond motifs is 1. The summed E-state index contributed by atoms with van der Waals surface area (Å²) in [5.41, 5.74) is 2.14. The topological polar surface area (TPSA) is 102 Å². The molecule has 0 aliphatic carbocycles. The lowest BCUT2D eigenvalue weighted by Crippen LogP contribution is -2.53. The van der Waals surface area contributed by atoms with Gasteiger partial charge in [0.05, 0.1) is 17.8 Å². The van der Waals surface area contributed by atoms with E-state index in [1.807, 2.05) is 45.0 Å². The number of aliphatic hydroxyl groups is 2. The van der Waals surface area contributed by atoms with E-state index in [9.17, 15) is 24.2 Å². The summed E-state index contributed by atoms with van der Waals surface area (Å²) in [4.78, 5) is 29.3. The molecule has 0 aromatic heterocycles. The first-order chi connectivity index (χ1) is 17.6. The van der Waals surface area contributed by atoms with Crippen molar-refractivity contribution < 1.29 is 28.9 Å². The quantitative estimate of drug-likeness (QED) is 0.502. The number of amides is 2. The van der Waals surface area contributed by atoms with Crippen molar-refractivity contribution in [2.75, 3.05) is 31.1 Å². The fourth-order valence-electron chi connectivity index (χ4n) is 5.31. The number of nitrogens with one attached hydrogen (secondary N) is 1. The van der Waals surface area contributed by atoms with Gasteiger partial charge < -0.3 is 30.1 Å². The van der Waals surface area contributed by atoms with Crippen molar-refractivity contribution in [3.8, 4) is 5.75 Å². The SMILES string of the molecule is CCOc1cc(F)ccc1N1CCC(CNC(=O)[C@H](O)[C@@H](O)C(=O)N2Cc3ccccc3C2(C)C)CC1. The van der Waals surface area contributed by atoms with Gasteiger partial charge in [-0.2, -0.15) is 0 Å². The van der Waals surface area contributed by atoms with Gasteiger partial charge in [-0.05, 0) is 62.8 Å². The number of carbonyl (C=O) groups is 2. The maximum atomic E-state index is 13.6. The highest BCUT2D eigenvalue weighted by molar-refractivity contribution is 5.91. The van der Waals surface area contributed by atoms with E-state index in [0.717, 1.165) is 29.7 Å². The molecule has 2 aliphatic heterocycles. The molecule has 0 saturated carbocycles. The lowest BCUT2D eigenvalue weighted by Gasteiger charge is -2.35. The monoisotopic (exact) mass is 513 g/mol. The number of ether oxygens (including phenoxy) is 1. The number of anilines is 1. The summed E-state index contributed by atoms with van der Waals surface area (Å²) in [6, 6.07) is 12.2. The molecule has 1 saturated heterocycles. The molecule has 0 bridgehead atoms. The van der Waals surface area contributed by atoms with Gasteiger partial charge in [0.1, 0.15) is 11.6 Å². The molecule has 0 unspecified atom stereocenters. The number of halogens is 1. The van der Waals surface area contributed by atoms with Crippen LogP contribution in [0.25, 0.3) is 0 Å².